The molecule has 1 aliphatic rings. The molecule has 2 heterocycles. The fraction of sp³-hybridized carbons (Fsp3) is 0.500. The van der Waals surface area contributed by atoms with Crippen molar-refractivity contribution in [1.29, 1.82) is 0 Å². The molecule has 0 saturated heterocycles. The summed E-state index contributed by atoms with van der Waals surface area (Å²) in [6, 6.07) is 11.5. The lowest BCUT2D eigenvalue weighted by molar-refractivity contribution is -0.134. The Labute approximate surface area is 185 Å². The van der Waals surface area contributed by atoms with Gasteiger partial charge in [0.1, 0.15) is 18.3 Å². The number of fused-ring (bicyclic) bond motifs is 1. The zero-order chi connectivity index (χ0) is 22.2. The zero-order valence-corrected chi connectivity index (χ0v) is 18.8. The summed E-state index contributed by atoms with van der Waals surface area (Å²) in [4.78, 5) is 29.7. The first-order valence-corrected chi connectivity index (χ1v) is 11.2. The zero-order valence-electron chi connectivity index (χ0n) is 18.8. The van der Waals surface area contributed by atoms with Crippen molar-refractivity contribution in [1.82, 2.24) is 19.7 Å². The molecular formula is C24H34N4O3. The molecule has 1 N–H and O–H groups in total. The topological polar surface area (TPSA) is 66.8 Å². The third-order valence-corrected chi connectivity index (χ3v) is 5.71. The molecule has 0 aliphatic carbocycles. The molecule has 3 amide bonds. The summed E-state index contributed by atoms with van der Waals surface area (Å²) in [5.41, 5.74) is 2.01. The number of methoxy groups -OCH3 is 1. The van der Waals surface area contributed by atoms with Crippen molar-refractivity contribution in [3.05, 3.63) is 53.9 Å². The second kappa shape index (κ2) is 10.9. The molecule has 1 unspecified atom stereocenters. The highest BCUT2D eigenvalue weighted by molar-refractivity contribution is 5.85. The Morgan fingerprint density at radius 1 is 1.13 bits per heavy atom. The molecule has 1 aromatic heterocycles. The van der Waals surface area contributed by atoms with Gasteiger partial charge in [-0.05, 0) is 31.0 Å². The minimum atomic E-state index is -0.251. The monoisotopic (exact) mass is 426 g/mol. The summed E-state index contributed by atoms with van der Waals surface area (Å²) in [6.07, 6.45) is 4.79. The lowest BCUT2D eigenvalue weighted by Crippen LogP contribution is -2.50. The highest BCUT2D eigenvalue weighted by Gasteiger charge is 2.34. The van der Waals surface area contributed by atoms with Crippen molar-refractivity contribution < 1.29 is 14.3 Å². The Hall–Kier alpha value is -2.96. The molecule has 2 aromatic rings. The molecule has 1 atom stereocenters. The van der Waals surface area contributed by atoms with Gasteiger partial charge in [0.25, 0.3) is 0 Å². The van der Waals surface area contributed by atoms with Gasteiger partial charge in [-0.2, -0.15) is 0 Å². The first-order chi connectivity index (χ1) is 15.1. The summed E-state index contributed by atoms with van der Waals surface area (Å²) in [7, 11) is 1.65. The predicted molar refractivity (Wildman–Crippen MR) is 121 cm³/mol. The van der Waals surface area contributed by atoms with E-state index < -0.39 is 0 Å². The van der Waals surface area contributed by atoms with Gasteiger partial charge in [-0.15, -0.1) is 0 Å². The van der Waals surface area contributed by atoms with Gasteiger partial charge in [0.15, 0.2) is 0 Å². The summed E-state index contributed by atoms with van der Waals surface area (Å²) in [6.45, 7) is 6.67. The van der Waals surface area contributed by atoms with Gasteiger partial charge >= 0.3 is 6.03 Å². The normalized spacial score (nSPS) is 15.3. The lowest BCUT2D eigenvalue weighted by Gasteiger charge is -2.38. The third kappa shape index (κ3) is 5.21. The van der Waals surface area contributed by atoms with Gasteiger partial charge in [0.2, 0.25) is 5.91 Å². The van der Waals surface area contributed by atoms with E-state index in [2.05, 4.69) is 22.9 Å². The number of benzene rings is 1. The maximum atomic E-state index is 13.5. The fourth-order valence-corrected chi connectivity index (χ4v) is 4.13. The molecule has 3 rings (SSSR count). The van der Waals surface area contributed by atoms with Crippen LogP contribution in [0.5, 0.6) is 5.75 Å². The van der Waals surface area contributed by atoms with E-state index in [9.17, 15) is 9.59 Å². The predicted octanol–water partition coefficient (Wildman–Crippen LogP) is 3.65. The molecule has 31 heavy (non-hydrogen) atoms. The number of nitrogens with one attached hydrogen (secondary N) is 1. The van der Waals surface area contributed by atoms with Gasteiger partial charge in [0, 0.05) is 43.6 Å². The smallest absolute Gasteiger partial charge is 0.317 e. The van der Waals surface area contributed by atoms with Crippen molar-refractivity contribution in [3.8, 4) is 5.75 Å². The quantitative estimate of drug-likeness (QED) is 0.623. The number of aromatic nitrogens is 1. The molecule has 0 spiro atoms. The third-order valence-electron chi connectivity index (χ3n) is 5.71. The van der Waals surface area contributed by atoms with E-state index in [0.717, 1.165) is 42.8 Å². The number of nitrogens with zero attached hydrogens (tertiary/aromatic N) is 3. The highest BCUT2D eigenvalue weighted by atomic mass is 16.5. The van der Waals surface area contributed by atoms with Crippen LogP contribution in [0.15, 0.2) is 42.6 Å². The minimum absolute atomic E-state index is 0.0533. The molecule has 1 aromatic carbocycles. The molecular weight excluding hydrogens is 392 g/mol. The second-order valence-corrected chi connectivity index (χ2v) is 7.87. The maximum Gasteiger partial charge on any atom is 0.317 e. The van der Waals surface area contributed by atoms with Crippen LogP contribution in [0.25, 0.3) is 0 Å². The Kier molecular flexibility index (Phi) is 7.98. The largest absolute Gasteiger partial charge is 0.496 e. The van der Waals surface area contributed by atoms with Gasteiger partial charge in [-0.3, -0.25) is 4.79 Å². The number of rotatable bonds is 9. The highest BCUT2D eigenvalue weighted by Crippen LogP contribution is 2.37. The van der Waals surface area contributed by atoms with E-state index in [0.29, 0.717) is 19.6 Å². The number of carbonyl (C=O) groups excluding carboxylic acids is 2. The molecule has 0 saturated carbocycles. The van der Waals surface area contributed by atoms with Gasteiger partial charge in [-0.1, -0.05) is 38.5 Å². The number of unbranched alkanes of at least 4 members (excludes halogenated alkanes) is 1. The lowest BCUT2D eigenvalue weighted by atomic mass is 9.98. The van der Waals surface area contributed by atoms with Crippen LogP contribution in [0.4, 0.5) is 4.79 Å². The number of carbonyl (C=O) groups is 2. The number of ether oxygens (including phenoxy) is 1. The summed E-state index contributed by atoms with van der Waals surface area (Å²) < 4.78 is 7.79. The number of hydrogen-bond donors (Lipinski definition) is 1. The first kappa shape index (κ1) is 22.7. The fourth-order valence-electron chi connectivity index (χ4n) is 4.13. The van der Waals surface area contributed by atoms with E-state index >= 15 is 0 Å². The summed E-state index contributed by atoms with van der Waals surface area (Å²) in [5.74, 6) is 0.699. The summed E-state index contributed by atoms with van der Waals surface area (Å²) in [5, 5.41) is 2.94. The Balaban J connectivity index is 1.85. The van der Waals surface area contributed by atoms with Crippen LogP contribution in [-0.4, -0.2) is 59.6 Å². The van der Waals surface area contributed by atoms with Crippen molar-refractivity contribution in [2.75, 3.05) is 33.3 Å². The van der Waals surface area contributed by atoms with Crippen molar-refractivity contribution in [2.24, 2.45) is 0 Å². The van der Waals surface area contributed by atoms with E-state index in [1.54, 1.807) is 12.0 Å². The molecule has 0 radical (unpaired) electrons. The second-order valence-electron chi connectivity index (χ2n) is 7.87. The molecule has 0 bridgehead atoms. The van der Waals surface area contributed by atoms with E-state index in [1.165, 1.54) is 0 Å². The van der Waals surface area contributed by atoms with Crippen LogP contribution in [0.1, 0.15) is 50.4 Å². The van der Waals surface area contributed by atoms with E-state index in [1.807, 2.05) is 48.4 Å². The van der Waals surface area contributed by atoms with Gasteiger partial charge in [-0.25, -0.2) is 4.79 Å². The van der Waals surface area contributed by atoms with Crippen LogP contribution in [-0.2, 0) is 11.3 Å². The van der Waals surface area contributed by atoms with E-state index in [4.69, 9.17) is 4.74 Å². The molecule has 0 fully saturated rings. The van der Waals surface area contributed by atoms with Crippen molar-refractivity contribution in [3.63, 3.8) is 0 Å². The molecule has 168 valence electrons. The standard InChI is InChI=1S/C24H34N4O3/c1-4-6-13-25-24(30)27(14-5-2)18-22(29)28-17-16-26-15-9-11-20(26)23(28)19-10-7-8-12-21(19)31-3/h7-12,15,23H,4-6,13-14,16-18H2,1-3H3,(H,25,30). The number of para-hydroxylation sites is 1. The number of amides is 3. The average Bonchev–Trinajstić information content (AvgIpc) is 3.27. The van der Waals surface area contributed by atoms with Gasteiger partial charge < -0.3 is 24.4 Å². The summed E-state index contributed by atoms with van der Waals surface area (Å²) >= 11 is 0. The molecule has 1 aliphatic heterocycles. The van der Waals surface area contributed by atoms with Gasteiger partial charge in [0.05, 0.1) is 7.11 Å². The Morgan fingerprint density at radius 2 is 1.94 bits per heavy atom. The van der Waals surface area contributed by atoms with Crippen molar-refractivity contribution >= 4 is 11.9 Å². The van der Waals surface area contributed by atoms with E-state index in [-0.39, 0.29) is 24.5 Å². The Morgan fingerprint density at radius 3 is 2.68 bits per heavy atom. The van der Waals surface area contributed by atoms with Crippen LogP contribution in [0.2, 0.25) is 0 Å². The molecule has 7 nitrogen and oxygen atoms in total. The van der Waals surface area contributed by atoms with Crippen molar-refractivity contribution in [2.45, 2.75) is 45.7 Å². The average molecular weight is 427 g/mol. The van der Waals surface area contributed by atoms with Crippen LogP contribution >= 0.6 is 0 Å². The first-order valence-electron chi connectivity index (χ1n) is 11.2. The van der Waals surface area contributed by atoms with Crippen LogP contribution in [0, 0.1) is 0 Å². The van der Waals surface area contributed by atoms with Crippen LogP contribution < -0.4 is 10.1 Å². The number of hydrogen-bond acceptors (Lipinski definition) is 3. The molecule has 7 heteroatoms. The Bertz CT molecular complexity index is 879. The number of urea groups is 1. The SMILES string of the molecule is CCCCNC(=O)N(CCC)CC(=O)N1CCn2cccc2C1c1ccccc1OC. The minimum Gasteiger partial charge on any atom is -0.496 e. The van der Waals surface area contributed by atoms with Crippen LogP contribution in [0.3, 0.4) is 0 Å². The maximum absolute atomic E-state index is 13.5.